The number of tetrazole rings is 1. The van der Waals surface area contributed by atoms with Crippen LogP contribution in [-0.2, 0) is 11.3 Å². The van der Waals surface area contributed by atoms with Crippen LogP contribution in [0.5, 0.6) is 0 Å². The van der Waals surface area contributed by atoms with Crippen molar-refractivity contribution in [2.75, 3.05) is 6.54 Å². The summed E-state index contributed by atoms with van der Waals surface area (Å²) in [4.78, 5) is 13.2. The summed E-state index contributed by atoms with van der Waals surface area (Å²) in [6.07, 6.45) is 3.90. The molecule has 1 aromatic carbocycles. The lowest BCUT2D eigenvalue weighted by Crippen LogP contribution is -2.37. The van der Waals surface area contributed by atoms with Crippen molar-refractivity contribution in [3.05, 3.63) is 29.3 Å². The normalized spacial score (nSPS) is 16.2. The Hall–Kier alpha value is -1.99. The van der Waals surface area contributed by atoms with E-state index in [-0.39, 0.29) is 19.0 Å². The summed E-state index contributed by atoms with van der Waals surface area (Å²) in [5.74, 6) is 0.490. The second kappa shape index (κ2) is 7.72. The number of aromatic nitrogens is 4. The second-order valence-corrected chi connectivity index (χ2v) is 6.50. The van der Waals surface area contributed by atoms with E-state index < -0.39 is 6.10 Å². The van der Waals surface area contributed by atoms with Crippen molar-refractivity contribution in [2.45, 2.75) is 38.3 Å². The lowest BCUT2D eigenvalue weighted by molar-refractivity contribution is -0.122. The van der Waals surface area contributed by atoms with Gasteiger partial charge in [0.1, 0.15) is 6.54 Å². The summed E-state index contributed by atoms with van der Waals surface area (Å²) >= 11 is 5.85. The van der Waals surface area contributed by atoms with Gasteiger partial charge in [0.2, 0.25) is 11.7 Å². The maximum Gasteiger partial charge on any atom is 0.243 e. The maximum atomic E-state index is 12.0. The number of hydrogen-bond acceptors (Lipinski definition) is 5. The summed E-state index contributed by atoms with van der Waals surface area (Å²) < 4.78 is 0. The molecule has 3 rings (SSSR count). The van der Waals surface area contributed by atoms with E-state index in [2.05, 4.69) is 20.7 Å². The van der Waals surface area contributed by atoms with Gasteiger partial charge in [-0.25, -0.2) is 0 Å². The van der Waals surface area contributed by atoms with E-state index in [0.29, 0.717) is 16.8 Å². The number of benzene rings is 1. The highest BCUT2D eigenvalue weighted by molar-refractivity contribution is 6.30. The lowest BCUT2D eigenvalue weighted by Gasteiger charge is -2.17. The number of hydrogen-bond donors (Lipinski definition) is 2. The molecule has 8 heteroatoms. The third-order valence-electron chi connectivity index (χ3n) is 4.29. The fourth-order valence-corrected chi connectivity index (χ4v) is 3.06. The van der Waals surface area contributed by atoms with E-state index >= 15 is 0 Å². The lowest BCUT2D eigenvalue weighted by atomic mass is 10.0. The fraction of sp³-hybridized carbons (Fsp3) is 0.500. The van der Waals surface area contributed by atoms with Crippen LogP contribution in [-0.4, -0.2) is 43.9 Å². The Balaban J connectivity index is 1.50. The molecule has 0 bridgehead atoms. The number of halogens is 1. The summed E-state index contributed by atoms with van der Waals surface area (Å²) in [5, 5.41) is 25.4. The van der Waals surface area contributed by atoms with Gasteiger partial charge in [-0.15, -0.1) is 10.2 Å². The summed E-state index contributed by atoms with van der Waals surface area (Å²) in [7, 11) is 0. The van der Waals surface area contributed by atoms with E-state index in [4.69, 9.17) is 11.6 Å². The predicted molar refractivity (Wildman–Crippen MR) is 89.2 cm³/mol. The van der Waals surface area contributed by atoms with Crippen molar-refractivity contribution in [2.24, 2.45) is 5.92 Å². The quantitative estimate of drug-likeness (QED) is 0.827. The smallest absolute Gasteiger partial charge is 0.243 e. The average molecular weight is 350 g/mol. The molecular weight excluding hydrogens is 330 g/mol. The minimum Gasteiger partial charge on any atom is -0.391 e. The number of aliphatic hydroxyl groups is 1. The highest BCUT2D eigenvalue weighted by atomic mass is 35.5. The van der Waals surface area contributed by atoms with Gasteiger partial charge in [0.05, 0.1) is 6.10 Å². The minimum absolute atomic E-state index is 0.0298. The first kappa shape index (κ1) is 16.9. The third-order valence-corrected chi connectivity index (χ3v) is 4.54. The molecule has 1 aromatic heterocycles. The monoisotopic (exact) mass is 349 g/mol. The van der Waals surface area contributed by atoms with Crippen molar-refractivity contribution in [1.29, 1.82) is 0 Å². The van der Waals surface area contributed by atoms with E-state index in [9.17, 15) is 9.90 Å². The van der Waals surface area contributed by atoms with Gasteiger partial charge >= 0.3 is 0 Å². The predicted octanol–water partition coefficient (Wildman–Crippen LogP) is 1.66. The van der Waals surface area contributed by atoms with Crippen molar-refractivity contribution < 1.29 is 9.90 Å². The molecule has 1 aliphatic carbocycles. The molecule has 2 N–H and O–H groups in total. The molecule has 0 aliphatic heterocycles. The molecule has 1 atom stereocenters. The Morgan fingerprint density at radius 3 is 2.75 bits per heavy atom. The van der Waals surface area contributed by atoms with Crippen molar-refractivity contribution >= 4 is 17.5 Å². The van der Waals surface area contributed by atoms with Crippen LogP contribution in [0.4, 0.5) is 0 Å². The van der Waals surface area contributed by atoms with Crippen molar-refractivity contribution in [1.82, 2.24) is 25.5 Å². The first-order chi connectivity index (χ1) is 11.6. The molecule has 0 saturated heterocycles. The summed E-state index contributed by atoms with van der Waals surface area (Å²) in [6, 6.07) is 7.08. The van der Waals surface area contributed by atoms with Gasteiger partial charge in [-0.2, -0.15) is 4.80 Å². The zero-order valence-corrected chi connectivity index (χ0v) is 14.0. The zero-order valence-electron chi connectivity index (χ0n) is 13.2. The Morgan fingerprint density at radius 2 is 2.04 bits per heavy atom. The molecule has 1 amide bonds. The number of carbonyl (C=O) groups excluding carboxylic acids is 1. The fourth-order valence-electron chi connectivity index (χ4n) is 2.94. The Kier molecular flexibility index (Phi) is 5.42. The SMILES string of the molecule is O=C(Cn1nnc(-c2ccc(Cl)cc2)n1)NCC(O)C1CCCC1. The Bertz CT molecular complexity index is 682. The molecule has 1 aliphatic rings. The number of nitrogens with zero attached hydrogens (tertiary/aromatic N) is 4. The van der Waals surface area contributed by atoms with E-state index in [1.165, 1.54) is 4.80 Å². The molecule has 7 nitrogen and oxygen atoms in total. The standard InChI is InChI=1S/C16H20ClN5O2/c17-13-7-5-12(6-8-13)16-19-21-22(20-16)10-15(24)18-9-14(23)11-3-1-2-4-11/h5-8,11,14,23H,1-4,9-10H2,(H,18,24). The van der Waals surface area contributed by atoms with Gasteiger partial charge < -0.3 is 10.4 Å². The van der Waals surface area contributed by atoms with Gasteiger partial charge in [-0.1, -0.05) is 24.4 Å². The highest BCUT2D eigenvalue weighted by Crippen LogP contribution is 2.27. The molecule has 1 fully saturated rings. The Labute approximate surface area is 145 Å². The van der Waals surface area contributed by atoms with Crippen LogP contribution in [0.15, 0.2) is 24.3 Å². The van der Waals surface area contributed by atoms with Crippen LogP contribution in [0, 0.1) is 5.92 Å². The van der Waals surface area contributed by atoms with Crippen LogP contribution < -0.4 is 5.32 Å². The highest BCUT2D eigenvalue weighted by Gasteiger charge is 2.23. The van der Waals surface area contributed by atoms with Gasteiger partial charge in [0, 0.05) is 17.1 Å². The molecule has 0 radical (unpaired) electrons. The number of aliphatic hydroxyl groups excluding tert-OH is 1. The van der Waals surface area contributed by atoms with Crippen LogP contribution in [0.3, 0.4) is 0 Å². The number of carbonyl (C=O) groups is 1. The maximum absolute atomic E-state index is 12.0. The molecule has 24 heavy (non-hydrogen) atoms. The molecule has 1 saturated carbocycles. The number of nitrogens with one attached hydrogen (secondary N) is 1. The first-order valence-electron chi connectivity index (χ1n) is 8.10. The molecule has 128 valence electrons. The van der Waals surface area contributed by atoms with Crippen LogP contribution in [0.2, 0.25) is 5.02 Å². The van der Waals surface area contributed by atoms with Gasteiger partial charge in [0.25, 0.3) is 0 Å². The minimum atomic E-state index is -0.482. The number of rotatable bonds is 6. The third kappa shape index (κ3) is 4.30. The first-order valence-corrected chi connectivity index (χ1v) is 8.48. The molecule has 1 heterocycles. The van der Waals surface area contributed by atoms with Gasteiger partial charge in [-0.05, 0) is 48.2 Å². The van der Waals surface area contributed by atoms with Crippen LogP contribution >= 0.6 is 11.6 Å². The van der Waals surface area contributed by atoms with Crippen molar-refractivity contribution in [3.63, 3.8) is 0 Å². The molecule has 0 spiro atoms. The van der Waals surface area contributed by atoms with Crippen LogP contribution in [0.25, 0.3) is 11.4 Å². The average Bonchev–Trinajstić information content (AvgIpc) is 3.25. The van der Waals surface area contributed by atoms with Crippen LogP contribution in [0.1, 0.15) is 25.7 Å². The summed E-state index contributed by atoms with van der Waals surface area (Å²) in [6.45, 7) is 0.236. The molecular formula is C16H20ClN5O2. The van der Waals surface area contributed by atoms with Crippen molar-refractivity contribution in [3.8, 4) is 11.4 Å². The second-order valence-electron chi connectivity index (χ2n) is 6.07. The van der Waals surface area contributed by atoms with E-state index in [1.807, 2.05) is 0 Å². The zero-order chi connectivity index (χ0) is 16.9. The largest absolute Gasteiger partial charge is 0.391 e. The van der Waals surface area contributed by atoms with Gasteiger partial charge in [-0.3, -0.25) is 4.79 Å². The van der Waals surface area contributed by atoms with E-state index in [0.717, 1.165) is 31.2 Å². The molecule has 2 aromatic rings. The topological polar surface area (TPSA) is 92.9 Å². The number of amides is 1. The Morgan fingerprint density at radius 1 is 1.33 bits per heavy atom. The molecule has 1 unspecified atom stereocenters. The van der Waals surface area contributed by atoms with E-state index in [1.54, 1.807) is 24.3 Å². The van der Waals surface area contributed by atoms with Gasteiger partial charge in [0.15, 0.2) is 0 Å². The summed E-state index contributed by atoms with van der Waals surface area (Å²) in [5.41, 5.74) is 0.780.